The number of rotatable bonds is 0. The van der Waals surface area contributed by atoms with Crippen LogP contribution >= 0.6 is 0 Å². The van der Waals surface area contributed by atoms with E-state index in [1.165, 1.54) is 0 Å². The quantitative estimate of drug-likeness (QED) is 0.225. The number of hydrogen-bond acceptors (Lipinski definition) is 6. The van der Waals surface area contributed by atoms with Gasteiger partial charge in [-0.3, -0.25) is 0 Å². The van der Waals surface area contributed by atoms with Crippen LogP contribution in [-0.4, -0.2) is 105 Å². The van der Waals surface area contributed by atoms with Crippen LogP contribution in [0.5, 0.6) is 0 Å². The standard InChI is InChI=1S/2NO3.9H2O.Sr/c2*2-1(3)4;;;;;;;;;;/h;;9*1H2;/q2*-1;;;;;;;;;;+2. The van der Waals surface area contributed by atoms with Crippen molar-refractivity contribution in [1.29, 1.82) is 0 Å². The van der Waals surface area contributed by atoms with Gasteiger partial charge in [0.15, 0.2) is 0 Å². The van der Waals surface area contributed by atoms with Crippen LogP contribution in [0, 0.1) is 30.6 Å². The Balaban J connectivity index is -0.00000000257. The molecule has 120 valence electrons. The fourth-order valence-electron chi connectivity index (χ4n) is 0. The first-order valence-corrected chi connectivity index (χ1v) is 1.10. The fourth-order valence-corrected chi connectivity index (χ4v) is 0. The number of nitrogens with zero attached hydrogens (tertiary/aromatic N) is 2. The Hall–Kier alpha value is -0.479. The predicted octanol–water partition coefficient (Wildman–Crippen LogP) is -8.28. The van der Waals surface area contributed by atoms with Crippen molar-refractivity contribution in [2.24, 2.45) is 0 Å². The van der Waals surface area contributed by atoms with Gasteiger partial charge in [0.25, 0.3) is 0 Å². The van der Waals surface area contributed by atoms with E-state index in [9.17, 15) is 0 Å². The van der Waals surface area contributed by atoms with E-state index in [1.54, 1.807) is 0 Å². The molecule has 0 saturated heterocycles. The third kappa shape index (κ3) is 14200. The van der Waals surface area contributed by atoms with Gasteiger partial charge < -0.3 is 79.9 Å². The Bertz CT molecular complexity index is 72.5. The van der Waals surface area contributed by atoms with Gasteiger partial charge in [0.05, 0.1) is 10.2 Å². The minimum atomic E-state index is -1.75. The third-order valence-corrected chi connectivity index (χ3v) is 0. The zero-order valence-corrected chi connectivity index (χ0v) is 12.0. The second-order valence-electron chi connectivity index (χ2n) is 0.447. The minimum absolute atomic E-state index is 0. The molecule has 0 aliphatic heterocycles. The number of hydrogen-bond donors (Lipinski definition) is 0. The van der Waals surface area contributed by atoms with E-state index in [0.29, 0.717) is 0 Å². The van der Waals surface area contributed by atoms with Gasteiger partial charge in [0.2, 0.25) is 0 Å². The Kier molecular flexibility index (Phi) is 1140. The molecule has 0 unspecified atom stereocenters. The van der Waals surface area contributed by atoms with Gasteiger partial charge in [-0.25, -0.2) is 0 Å². The molecule has 18 heteroatoms. The molecule has 0 bridgehead atoms. The molecule has 0 aromatic heterocycles. The molecule has 17 nitrogen and oxygen atoms in total. The smallest absolute Gasteiger partial charge is 0.412 e. The molecular formula is H18N2O15Sr. The second kappa shape index (κ2) is 131. The fraction of sp³-hybridized carbons (Fsp3) is 0. The minimum Gasteiger partial charge on any atom is -0.412 e. The van der Waals surface area contributed by atoms with Crippen molar-refractivity contribution in [3.63, 3.8) is 0 Å². The molecule has 0 aliphatic rings. The summed E-state index contributed by atoms with van der Waals surface area (Å²) >= 11 is 0. The zero-order chi connectivity index (χ0) is 7.15. The van der Waals surface area contributed by atoms with Crippen LogP contribution in [0.15, 0.2) is 0 Å². The van der Waals surface area contributed by atoms with Gasteiger partial charge in [0, 0.05) is 0 Å². The van der Waals surface area contributed by atoms with Crippen LogP contribution < -0.4 is 0 Å². The first kappa shape index (κ1) is 157. The van der Waals surface area contributed by atoms with Crippen LogP contribution in [0.1, 0.15) is 0 Å². The summed E-state index contributed by atoms with van der Waals surface area (Å²) in [5.74, 6) is 0. The Morgan fingerprint density at radius 3 is 0.444 bits per heavy atom. The first-order chi connectivity index (χ1) is 3.46. The van der Waals surface area contributed by atoms with Gasteiger partial charge in [-0.1, -0.05) is 0 Å². The van der Waals surface area contributed by atoms with Crippen LogP contribution in [0.2, 0.25) is 0 Å². The van der Waals surface area contributed by atoms with E-state index in [2.05, 4.69) is 0 Å². The van der Waals surface area contributed by atoms with Crippen molar-refractivity contribution < 1.29 is 59.5 Å². The average molecular weight is 374 g/mol. The molecule has 0 rings (SSSR count). The summed E-state index contributed by atoms with van der Waals surface area (Å²) in [7, 11) is 0. The Labute approximate surface area is 135 Å². The predicted molar refractivity (Wildman–Crippen MR) is 59.0 cm³/mol. The van der Waals surface area contributed by atoms with E-state index < -0.39 is 10.2 Å². The van der Waals surface area contributed by atoms with Gasteiger partial charge in [-0.2, -0.15) is 0 Å². The van der Waals surface area contributed by atoms with Crippen molar-refractivity contribution in [3.05, 3.63) is 30.6 Å². The molecule has 0 spiro atoms. The summed E-state index contributed by atoms with van der Waals surface area (Å²) in [5.41, 5.74) is 0. The summed E-state index contributed by atoms with van der Waals surface area (Å²) in [6.07, 6.45) is 0. The summed E-state index contributed by atoms with van der Waals surface area (Å²) < 4.78 is 0. The molecule has 0 saturated carbocycles. The molecule has 0 heterocycles. The molecule has 0 amide bonds. The summed E-state index contributed by atoms with van der Waals surface area (Å²) in [5, 5.41) is 29.5. The maximum absolute atomic E-state index is 8.25. The van der Waals surface area contributed by atoms with Gasteiger partial charge in [-0.15, -0.1) is 0 Å². The molecule has 0 radical (unpaired) electrons. The molecule has 18 N–H and O–H groups in total. The van der Waals surface area contributed by atoms with Crippen molar-refractivity contribution in [2.75, 3.05) is 0 Å². The Morgan fingerprint density at radius 2 is 0.444 bits per heavy atom. The topological polar surface area (TPSA) is 416 Å². The van der Waals surface area contributed by atoms with Crippen LogP contribution in [-0.2, 0) is 0 Å². The van der Waals surface area contributed by atoms with E-state index in [1.807, 2.05) is 0 Å². The molecule has 0 aromatic carbocycles. The van der Waals surface area contributed by atoms with Crippen LogP contribution in [0.4, 0.5) is 0 Å². The molecule has 0 aliphatic carbocycles. The van der Waals surface area contributed by atoms with Crippen molar-refractivity contribution in [1.82, 2.24) is 0 Å². The van der Waals surface area contributed by atoms with Crippen LogP contribution in [0.3, 0.4) is 0 Å². The first-order valence-electron chi connectivity index (χ1n) is 1.10. The molecule has 0 atom stereocenters. The average Bonchev–Trinajstić information content (AvgIpc) is 1.25. The largest absolute Gasteiger partial charge is 2.00 e. The Morgan fingerprint density at radius 1 is 0.444 bits per heavy atom. The van der Waals surface area contributed by atoms with E-state index in [-0.39, 0.29) is 94.8 Å². The molecule has 0 aromatic rings. The molecular weight excluding hydrogens is 356 g/mol. The SMILES string of the molecule is O.O.O.O.O.O.O.O.O.O=[N+]([O-])[O-].O=[N+]([O-])[O-].[Sr+2]. The normalized spacial score (nSPS) is 2.67. The van der Waals surface area contributed by atoms with Gasteiger partial charge in [0.1, 0.15) is 0 Å². The monoisotopic (exact) mass is 374 g/mol. The summed E-state index contributed by atoms with van der Waals surface area (Å²) in [6.45, 7) is 0. The second-order valence-corrected chi connectivity index (χ2v) is 0.447. The van der Waals surface area contributed by atoms with E-state index in [0.717, 1.165) is 0 Å². The third-order valence-electron chi connectivity index (χ3n) is 0. The molecule has 18 heavy (non-hydrogen) atoms. The maximum atomic E-state index is 8.25. The van der Waals surface area contributed by atoms with Crippen LogP contribution in [0.25, 0.3) is 0 Å². The van der Waals surface area contributed by atoms with Crippen molar-refractivity contribution in [3.8, 4) is 0 Å². The summed E-state index contributed by atoms with van der Waals surface area (Å²) in [6, 6.07) is 0. The molecule has 0 fully saturated rings. The zero-order valence-electron chi connectivity index (χ0n) is 8.55. The van der Waals surface area contributed by atoms with Crippen molar-refractivity contribution in [2.45, 2.75) is 0 Å². The van der Waals surface area contributed by atoms with E-state index >= 15 is 0 Å². The summed E-state index contributed by atoms with van der Waals surface area (Å²) in [4.78, 5) is 16.5. The van der Waals surface area contributed by atoms with Gasteiger partial charge >= 0.3 is 45.5 Å². The van der Waals surface area contributed by atoms with Gasteiger partial charge in [-0.05, 0) is 0 Å². The maximum Gasteiger partial charge on any atom is 2.00 e. The van der Waals surface area contributed by atoms with Crippen molar-refractivity contribution >= 4 is 45.5 Å². The van der Waals surface area contributed by atoms with E-state index in [4.69, 9.17) is 30.6 Å².